The lowest BCUT2D eigenvalue weighted by Crippen LogP contribution is -2.53. The Balaban J connectivity index is 0.00000338. The van der Waals surface area contributed by atoms with Gasteiger partial charge in [0.25, 0.3) is 5.91 Å². The van der Waals surface area contributed by atoms with E-state index < -0.39 is 0 Å². The fourth-order valence-electron chi connectivity index (χ4n) is 2.63. The highest BCUT2D eigenvalue weighted by Gasteiger charge is 2.24. The Bertz CT molecular complexity index is 531. The minimum Gasteiger partial charge on any atom is -0.459 e. The zero-order valence-corrected chi connectivity index (χ0v) is 17.8. The summed E-state index contributed by atoms with van der Waals surface area (Å²) in [5.41, 5.74) is 0. The summed E-state index contributed by atoms with van der Waals surface area (Å²) < 4.78 is 15.6. The van der Waals surface area contributed by atoms with Gasteiger partial charge < -0.3 is 29.0 Å². The van der Waals surface area contributed by atoms with Crippen LogP contribution in [0.3, 0.4) is 0 Å². The number of carbonyl (C=O) groups is 1. The van der Waals surface area contributed by atoms with E-state index in [0.717, 1.165) is 32.0 Å². The van der Waals surface area contributed by atoms with Crippen LogP contribution in [0, 0.1) is 0 Å². The Hall–Kier alpha value is -1.33. The number of rotatable bonds is 8. The maximum Gasteiger partial charge on any atom is 0.289 e. The molecule has 0 bridgehead atoms. The Morgan fingerprint density at radius 2 is 1.96 bits per heavy atom. The lowest BCUT2D eigenvalue weighted by atomic mass is 10.3. The first-order chi connectivity index (χ1) is 12.3. The zero-order valence-electron chi connectivity index (χ0n) is 15.5. The summed E-state index contributed by atoms with van der Waals surface area (Å²) in [6, 6.07) is 3.43. The molecule has 2 heterocycles. The lowest BCUT2D eigenvalue weighted by molar-refractivity contribution is 0.0655. The van der Waals surface area contributed by atoms with Gasteiger partial charge in [-0.2, -0.15) is 0 Å². The smallest absolute Gasteiger partial charge is 0.289 e. The molecule has 0 unspecified atom stereocenters. The predicted octanol–water partition coefficient (Wildman–Crippen LogP) is 1.28. The predicted molar refractivity (Wildman–Crippen MR) is 110 cm³/mol. The number of amides is 1. The number of nitrogens with zero attached hydrogens (tertiary/aromatic N) is 3. The molecule has 148 valence electrons. The van der Waals surface area contributed by atoms with Gasteiger partial charge in [0, 0.05) is 53.5 Å². The molecular weight excluding hydrogens is 451 g/mol. The quantitative estimate of drug-likeness (QED) is 0.262. The Kier molecular flexibility index (Phi) is 11.3. The fourth-order valence-corrected chi connectivity index (χ4v) is 2.63. The molecule has 26 heavy (non-hydrogen) atoms. The van der Waals surface area contributed by atoms with Crippen molar-refractivity contribution in [3.8, 4) is 0 Å². The van der Waals surface area contributed by atoms with E-state index in [0.29, 0.717) is 38.7 Å². The van der Waals surface area contributed by atoms with Crippen LogP contribution in [0.15, 0.2) is 27.8 Å². The van der Waals surface area contributed by atoms with Crippen molar-refractivity contribution >= 4 is 35.8 Å². The molecule has 0 radical (unpaired) electrons. The number of carbonyl (C=O) groups excluding carboxylic acids is 1. The molecule has 0 spiro atoms. The Labute approximate surface area is 171 Å². The number of piperazine rings is 1. The number of methoxy groups -OCH3 is 1. The molecule has 0 saturated carbocycles. The van der Waals surface area contributed by atoms with E-state index >= 15 is 0 Å². The maximum absolute atomic E-state index is 12.3. The third-order valence-corrected chi connectivity index (χ3v) is 3.99. The van der Waals surface area contributed by atoms with Crippen molar-refractivity contribution in [1.29, 1.82) is 0 Å². The number of furan rings is 1. The highest BCUT2D eigenvalue weighted by molar-refractivity contribution is 14.0. The van der Waals surface area contributed by atoms with Crippen molar-refractivity contribution in [1.82, 2.24) is 15.1 Å². The number of guanidine groups is 1. The molecule has 2 rings (SSSR count). The van der Waals surface area contributed by atoms with Crippen LogP contribution in [0.25, 0.3) is 0 Å². The highest BCUT2D eigenvalue weighted by atomic mass is 127. The summed E-state index contributed by atoms with van der Waals surface area (Å²) in [6.45, 7) is 5.53. The summed E-state index contributed by atoms with van der Waals surface area (Å²) in [7, 11) is 3.44. The van der Waals surface area contributed by atoms with E-state index in [1.54, 1.807) is 26.3 Å². The van der Waals surface area contributed by atoms with E-state index in [2.05, 4.69) is 15.2 Å². The monoisotopic (exact) mass is 480 g/mol. The van der Waals surface area contributed by atoms with E-state index in [9.17, 15) is 4.79 Å². The number of halogens is 1. The van der Waals surface area contributed by atoms with Crippen LogP contribution < -0.4 is 5.32 Å². The molecule has 1 fully saturated rings. The van der Waals surface area contributed by atoms with Gasteiger partial charge in [0.1, 0.15) is 0 Å². The first-order valence-electron chi connectivity index (χ1n) is 8.61. The zero-order chi connectivity index (χ0) is 17.9. The molecule has 1 amide bonds. The van der Waals surface area contributed by atoms with Gasteiger partial charge in [-0.05, 0) is 18.6 Å². The van der Waals surface area contributed by atoms with Gasteiger partial charge >= 0.3 is 0 Å². The standard InChI is InChI=1S/C17H28N4O4.HI/c1-18-17(19-6-4-11-24-14-13-23-2)21-9-7-20(8-10-21)16(22)15-5-3-12-25-15;/h3,5,12H,4,6-11,13-14H2,1-2H3,(H,18,19);1H. The van der Waals surface area contributed by atoms with E-state index in [1.165, 1.54) is 6.26 Å². The third-order valence-electron chi connectivity index (χ3n) is 3.99. The summed E-state index contributed by atoms with van der Waals surface area (Å²) in [5.74, 6) is 1.20. The van der Waals surface area contributed by atoms with E-state index in [-0.39, 0.29) is 29.9 Å². The van der Waals surface area contributed by atoms with Crippen LogP contribution in [0.2, 0.25) is 0 Å². The van der Waals surface area contributed by atoms with Crippen molar-refractivity contribution in [2.75, 3.05) is 66.7 Å². The van der Waals surface area contributed by atoms with Crippen LogP contribution >= 0.6 is 24.0 Å². The van der Waals surface area contributed by atoms with Crippen LogP contribution in [-0.4, -0.2) is 88.4 Å². The SMILES string of the molecule is CN=C(NCCCOCCOC)N1CCN(C(=O)c2ccco2)CC1.I. The molecule has 9 heteroatoms. The second-order valence-electron chi connectivity index (χ2n) is 5.69. The molecule has 0 atom stereocenters. The van der Waals surface area contributed by atoms with Gasteiger partial charge in [-0.3, -0.25) is 9.79 Å². The Morgan fingerprint density at radius 1 is 1.23 bits per heavy atom. The molecular formula is C17H29IN4O4. The number of aliphatic imine (C=N–C) groups is 1. The fraction of sp³-hybridized carbons (Fsp3) is 0.647. The summed E-state index contributed by atoms with van der Waals surface area (Å²) in [4.78, 5) is 20.6. The summed E-state index contributed by atoms with van der Waals surface area (Å²) in [6.07, 6.45) is 2.42. The normalized spacial score (nSPS) is 14.9. The maximum atomic E-state index is 12.3. The van der Waals surface area contributed by atoms with Gasteiger partial charge in [0.05, 0.1) is 19.5 Å². The van der Waals surface area contributed by atoms with Crippen molar-refractivity contribution in [3.63, 3.8) is 0 Å². The van der Waals surface area contributed by atoms with Crippen LogP contribution in [0.5, 0.6) is 0 Å². The second kappa shape index (κ2) is 12.9. The Morgan fingerprint density at radius 3 is 2.58 bits per heavy atom. The number of nitrogens with one attached hydrogen (secondary N) is 1. The molecule has 1 aromatic heterocycles. The molecule has 1 aliphatic heterocycles. The largest absolute Gasteiger partial charge is 0.459 e. The summed E-state index contributed by atoms with van der Waals surface area (Å²) in [5, 5.41) is 3.34. The van der Waals surface area contributed by atoms with Gasteiger partial charge in [-0.1, -0.05) is 0 Å². The highest BCUT2D eigenvalue weighted by Crippen LogP contribution is 2.09. The second-order valence-corrected chi connectivity index (χ2v) is 5.69. The molecule has 1 N–H and O–H groups in total. The van der Waals surface area contributed by atoms with Crippen molar-refractivity contribution in [3.05, 3.63) is 24.2 Å². The number of ether oxygens (including phenoxy) is 2. The van der Waals surface area contributed by atoms with E-state index in [1.807, 2.05) is 4.90 Å². The van der Waals surface area contributed by atoms with Gasteiger partial charge in [0.2, 0.25) is 0 Å². The van der Waals surface area contributed by atoms with Crippen molar-refractivity contribution < 1.29 is 18.7 Å². The summed E-state index contributed by atoms with van der Waals surface area (Å²) >= 11 is 0. The van der Waals surface area contributed by atoms with Gasteiger partial charge in [-0.15, -0.1) is 24.0 Å². The van der Waals surface area contributed by atoms with E-state index in [4.69, 9.17) is 13.9 Å². The average molecular weight is 480 g/mol. The average Bonchev–Trinajstić information content (AvgIpc) is 3.18. The van der Waals surface area contributed by atoms with Crippen molar-refractivity contribution in [2.24, 2.45) is 4.99 Å². The van der Waals surface area contributed by atoms with Gasteiger partial charge in [0.15, 0.2) is 11.7 Å². The molecule has 0 aromatic carbocycles. The first kappa shape index (κ1) is 22.7. The van der Waals surface area contributed by atoms with Gasteiger partial charge in [-0.25, -0.2) is 0 Å². The number of hydrogen-bond acceptors (Lipinski definition) is 5. The first-order valence-corrected chi connectivity index (χ1v) is 8.61. The molecule has 1 aliphatic rings. The van der Waals surface area contributed by atoms with Crippen LogP contribution in [-0.2, 0) is 9.47 Å². The molecule has 1 aromatic rings. The lowest BCUT2D eigenvalue weighted by Gasteiger charge is -2.36. The molecule has 8 nitrogen and oxygen atoms in total. The molecule has 1 saturated heterocycles. The molecule has 0 aliphatic carbocycles. The minimum absolute atomic E-state index is 0. The van der Waals surface area contributed by atoms with Crippen molar-refractivity contribution in [2.45, 2.75) is 6.42 Å². The van der Waals surface area contributed by atoms with Crippen LogP contribution in [0.1, 0.15) is 17.0 Å². The number of hydrogen-bond donors (Lipinski definition) is 1. The third kappa shape index (κ3) is 7.12. The topological polar surface area (TPSA) is 79.5 Å². The minimum atomic E-state index is -0.0548. The van der Waals surface area contributed by atoms with Crippen LogP contribution in [0.4, 0.5) is 0 Å².